The second-order valence-electron chi connectivity index (χ2n) is 5.85. The van der Waals surface area contributed by atoms with Crippen LogP contribution in [0.15, 0.2) is 47.9 Å². The molecule has 0 aliphatic carbocycles. The number of nitrogens with one attached hydrogen (secondary N) is 1. The van der Waals surface area contributed by atoms with Gasteiger partial charge in [-0.2, -0.15) is 5.26 Å². The van der Waals surface area contributed by atoms with Gasteiger partial charge in [0.05, 0.1) is 20.1 Å². The smallest absolute Gasteiger partial charge is 0.205 e. The van der Waals surface area contributed by atoms with Gasteiger partial charge in [-0.15, -0.1) is 0 Å². The average Bonchev–Trinajstić information content (AvgIpc) is 2.66. The van der Waals surface area contributed by atoms with Gasteiger partial charge in [0.2, 0.25) is 5.88 Å². The standard InChI is InChI=1S/C20H21N3O3/c1-4-23-13-5-6-16-18(9-13)26-20(22)17(11-21)19(16)12-7-14(24-2)10-15(8-12)25-3/h5-10,19,23H,4,22H2,1-3H3. The molecular formula is C20H21N3O3. The molecule has 2 aromatic carbocycles. The lowest BCUT2D eigenvalue weighted by molar-refractivity contribution is 0.387. The molecule has 6 heteroatoms. The second-order valence-corrected chi connectivity index (χ2v) is 5.85. The first-order valence-corrected chi connectivity index (χ1v) is 8.29. The van der Waals surface area contributed by atoms with Crippen LogP contribution in [0.25, 0.3) is 0 Å². The summed E-state index contributed by atoms with van der Waals surface area (Å²) in [5, 5.41) is 12.9. The lowest BCUT2D eigenvalue weighted by atomic mass is 9.83. The Bertz CT molecular complexity index is 877. The van der Waals surface area contributed by atoms with Crippen LogP contribution in [0, 0.1) is 11.3 Å². The number of benzene rings is 2. The number of nitrogens with two attached hydrogens (primary N) is 1. The predicted octanol–water partition coefficient (Wildman–Crippen LogP) is 3.35. The molecule has 134 valence electrons. The van der Waals surface area contributed by atoms with E-state index in [1.54, 1.807) is 20.3 Å². The molecule has 3 rings (SSSR count). The molecule has 3 N–H and O–H groups in total. The van der Waals surface area contributed by atoms with Crippen LogP contribution in [-0.4, -0.2) is 20.8 Å². The van der Waals surface area contributed by atoms with Crippen molar-refractivity contribution in [2.24, 2.45) is 5.73 Å². The van der Waals surface area contributed by atoms with E-state index in [4.69, 9.17) is 19.9 Å². The van der Waals surface area contributed by atoms with E-state index in [1.807, 2.05) is 37.3 Å². The molecule has 2 aromatic rings. The number of hydrogen-bond donors (Lipinski definition) is 2. The lowest BCUT2D eigenvalue weighted by Crippen LogP contribution is -2.21. The van der Waals surface area contributed by atoms with Crippen LogP contribution in [0.3, 0.4) is 0 Å². The van der Waals surface area contributed by atoms with Crippen LogP contribution in [-0.2, 0) is 0 Å². The van der Waals surface area contributed by atoms with Gasteiger partial charge in [-0.05, 0) is 30.7 Å². The highest BCUT2D eigenvalue weighted by atomic mass is 16.5. The zero-order valence-corrected chi connectivity index (χ0v) is 15.0. The molecule has 0 spiro atoms. The molecule has 0 aromatic heterocycles. The monoisotopic (exact) mass is 351 g/mol. The SMILES string of the molecule is CCNc1ccc2c(c1)OC(N)=C(C#N)C2c1cc(OC)cc(OC)c1. The van der Waals surface area contributed by atoms with E-state index in [0.29, 0.717) is 22.8 Å². The van der Waals surface area contributed by atoms with Crippen LogP contribution in [0.1, 0.15) is 24.0 Å². The summed E-state index contributed by atoms with van der Waals surface area (Å²) in [4.78, 5) is 0. The fraction of sp³-hybridized carbons (Fsp3) is 0.250. The number of methoxy groups -OCH3 is 2. The van der Waals surface area contributed by atoms with Crippen molar-refractivity contribution in [2.45, 2.75) is 12.8 Å². The number of allylic oxidation sites excluding steroid dienone is 1. The fourth-order valence-electron chi connectivity index (χ4n) is 3.11. The van der Waals surface area contributed by atoms with E-state index in [-0.39, 0.29) is 11.8 Å². The number of nitrogens with zero attached hydrogens (tertiary/aromatic N) is 1. The Morgan fingerprint density at radius 2 is 1.85 bits per heavy atom. The molecule has 26 heavy (non-hydrogen) atoms. The first-order chi connectivity index (χ1) is 12.6. The summed E-state index contributed by atoms with van der Waals surface area (Å²) < 4.78 is 16.5. The zero-order valence-electron chi connectivity index (χ0n) is 15.0. The third-order valence-electron chi connectivity index (χ3n) is 4.31. The number of nitriles is 1. The number of anilines is 1. The normalized spacial score (nSPS) is 15.5. The van der Waals surface area contributed by atoms with Crippen LogP contribution in [0.2, 0.25) is 0 Å². The molecule has 0 fully saturated rings. The van der Waals surface area contributed by atoms with Crippen molar-refractivity contribution in [2.75, 3.05) is 26.1 Å². The van der Waals surface area contributed by atoms with Crippen molar-refractivity contribution in [1.29, 1.82) is 5.26 Å². The second kappa shape index (κ2) is 7.28. The minimum Gasteiger partial charge on any atom is -0.497 e. The molecular weight excluding hydrogens is 330 g/mol. The third-order valence-corrected chi connectivity index (χ3v) is 4.31. The Morgan fingerprint density at radius 1 is 1.15 bits per heavy atom. The Kier molecular flexibility index (Phi) is 4.90. The maximum Gasteiger partial charge on any atom is 0.205 e. The van der Waals surface area contributed by atoms with Crippen molar-refractivity contribution in [3.63, 3.8) is 0 Å². The van der Waals surface area contributed by atoms with Gasteiger partial charge < -0.3 is 25.3 Å². The van der Waals surface area contributed by atoms with Crippen molar-refractivity contribution < 1.29 is 14.2 Å². The Hall–Kier alpha value is -3.33. The van der Waals surface area contributed by atoms with Gasteiger partial charge in [0, 0.05) is 29.9 Å². The maximum atomic E-state index is 9.67. The van der Waals surface area contributed by atoms with E-state index in [0.717, 1.165) is 23.4 Å². The summed E-state index contributed by atoms with van der Waals surface area (Å²) in [6, 6.07) is 13.5. The highest BCUT2D eigenvalue weighted by Crippen LogP contribution is 2.44. The fourth-order valence-corrected chi connectivity index (χ4v) is 3.11. The summed E-state index contributed by atoms with van der Waals surface area (Å²) >= 11 is 0. The Labute approximate surface area is 152 Å². The van der Waals surface area contributed by atoms with Crippen LogP contribution >= 0.6 is 0 Å². The zero-order chi connectivity index (χ0) is 18.7. The number of ether oxygens (including phenoxy) is 3. The first-order valence-electron chi connectivity index (χ1n) is 8.29. The highest BCUT2D eigenvalue weighted by Gasteiger charge is 2.31. The molecule has 1 heterocycles. The maximum absolute atomic E-state index is 9.67. The van der Waals surface area contributed by atoms with Gasteiger partial charge in [0.15, 0.2) is 0 Å². The predicted molar refractivity (Wildman–Crippen MR) is 99.4 cm³/mol. The van der Waals surface area contributed by atoms with Gasteiger partial charge >= 0.3 is 0 Å². The van der Waals surface area contributed by atoms with E-state index < -0.39 is 0 Å². The summed E-state index contributed by atoms with van der Waals surface area (Å²) in [6.07, 6.45) is 0. The van der Waals surface area contributed by atoms with Crippen LogP contribution < -0.4 is 25.3 Å². The number of hydrogen-bond acceptors (Lipinski definition) is 6. The molecule has 1 aliphatic rings. The third kappa shape index (κ3) is 3.11. The van der Waals surface area contributed by atoms with E-state index in [9.17, 15) is 5.26 Å². The highest BCUT2D eigenvalue weighted by molar-refractivity contribution is 5.61. The number of rotatable bonds is 5. The van der Waals surface area contributed by atoms with Crippen molar-refractivity contribution in [3.05, 3.63) is 59.0 Å². The summed E-state index contributed by atoms with van der Waals surface area (Å²) in [7, 11) is 3.18. The van der Waals surface area contributed by atoms with Gasteiger partial charge in [0.1, 0.15) is 28.9 Å². The molecule has 0 amide bonds. The lowest BCUT2D eigenvalue weighted by Gasteiger charge is -2.27. The van der Waals surface area contributed by atoms with Gasteiger partial charge in [-0.1, -0.05) is 6.07 Å². The molecule has 1 unspecified atom stereocenters. The number of fused-ring (bicyclic) bond motifs is 1. The van der Waals surface area contributed by atoms with E-state index in [1.165, 1.54) is 0 Å². The Morgan fingerprint density at radius 3 is 2.42 bits per heavy atom. The molecule has 1 atom stereocenters. The first kappa shape index (κ1) is 17.5. The summed E-state index contributed by atoms with van der Waals surface area (Å²) in [5.74, 6) is 1.68. The Balaban J connectivity index is 2.18. The molecule has 0 radical (unpaired) electrons. The topological polar surface area (TPSA) is 89.5 Å². The van der Waals surface area contributed by atoms with E-state index >= 15 is 0 Å². The van der Waals surface area contributed by atoms with Gasteiger partial charge in [0.25, 0.3) is 0 Å². The van der Waals surface area contributed by atoms with Crippen LogP contribution in [0.4, 0.5) is 5.69 Å². The average molecular weight is 351 g/mol. The van der Waals surface area contributed by atoms with Crippen molar-refractivity contribution >= 4 is 5.69 Å². The molecule has 0 saturated carbocycles. The quantitative estimate of drug-likeness (QED) is 0.859. The minimum absolute atomic E-state index is 0.112. The van der Waals surface area contributed by atoms with Gasteiger partial charge in [-0.3, -0.25) is 0 Å². The minimum atomic E-state index is -0.358. The molecule has 6 nitrogen and oxygen atoms in total. The van der Waals surface area contributed by atoms with Crippen molar-refractivity contribution in [1.82, 2.24) is 0 Å². The molecule has 1 aliphatic heterocycles. The van der Waals surface area contributed by atoms with Crippen LogP contribution in [0.5, 0.6) is 17.2 Å². The largest absolute Gasteiger partial charge is 0.497 e. The van der Waals surface area contributed by atoms with E-state index in [2.05, 4.69) is 11.4 Å². The summed E-state index contributed by atoms with van der Waals surface area (Å²) in [6.45, 7) is 2.82. The summed E-state index contributed by atoms with van der Waals surface area (Å²) in [5.41, 5.74) is 9.06. The molecule has 0 saturated heterocycles. The van der Waals surface area contributed by atoms with Gasteiger partial charge in [-0.25, -0.2) is 0 Å². The molecule has 0 bridgehead atoms. The van der Waals surface area contributed by atoms with Crippen molar-refractivity contribution in [3.8, 4) is 23.3 Å².